The summed E-state index contributed by atoms with van der Waals surface area (Å²) in [6.07, 6.45) is 11.3. The normalized spacial score (nSPS) is 44.5. The van der Waals surface area contributed by atoms with Crippen LogP contribution in [0, 0.1) is 45.3 Å². The molecule has 0 heterocycles. The first kappa shape index (κ1) is 25.7. The Hall–Kier alpha value is -1.42. The zero-order chi connectivity index (χ0) is 25.3. The molecule has 34 heavy (non-hydrogen) atoms. The lowest BCUT2D eigenvalue weighted by atomic mass is 9.40. The number of fused-ring (bicyclic) bond motifs is 5. The van der Waals surface area contributed by atoms with Gasteiger partial charge in [0.1, 0.15) is 5.78 Å². The third-order valence-corrected chi connectivity index (χ3v) is 11.8. The molecule has 190 valence electrons. The van der Waals surface area contributed by atoms with Gasteiger partial charge in [-0.15, -0.1) is 0 Å². The number of ketones is 1. The predicted octanol–water partition coefficient (Wildman–Crippen LogP) is 6.58. The molecule has 8 atom stereocenters. The zero-order valence-corrected chi connectivity index (χ0v) is 22.4. The van der Waals surface area contributed by atoms with E-state index in [-0.39, 0.29) is 27.8 Å². The van der Waals surface area contributed by atoms with Crippen LogP contribution in [0.15, 0.2) is 23.3 Å². The highest BCUT2D eigenvalue weighted by Crippen LogP contribution is 2.73. The Kier molecular flexibility index (Phi) is 6.28. The number of carboxylic acid groups (broad SMARTS) is 1. The SMILES string of the molecule is CC(=CCCC(C)C1CCC2(C)C3=CCC4C(C)(C)C(=O)CCC4(C)C3CC(O)C12C)C(=O)O. The minimum Gasteiger partial charge on any atom is -0.478 e. The fourth-order valence-electron chi connectivity index (χ4n) is 9.31. The molecule has 4 rings (SSSR count). The lowest BCUT2D eigenvalue weighted by Gasteiger charge is -2.64. The van der Waals surface area contributed by atoms with Crippen molar-refractivity contribution >= 4 is 11.8 Å². The third kappa shape index (κ3) is 3.41. The van der Waals surface area contributed by atoms with Crippen LogP contribution in [0.2, 0.25) is 0 Å². The Bertz CT molecular complexity index is 928. The summed E-state index contributed by atoms with van der Waals surface area (Å²) in [5.41, 5.74) is 1.55. The minimum absolute atomic E-state index is 0.0271. The molecule has 3 saturated carbocycles. The maximum Gasteiger partial charge on any atom is 0.330 e. The zero-order valence-electron chi connectivity index (χ0n) is 22.4. The van der Waals surface area contributed by atoms with E-state index in [1.165, 1.54) is 0 Å². The molecular formula is C30H46O4. The third-order valence-electron chi connectivity index (χ3n) is 11.8. The monoisotopic (exact) mass is 470 g/mol. The molecule has 2 N–H and O–H groups in total. The molecule has 0 saturated heterocycles. The predicted molar refractivity (Wildman–Crippen MR) is 135 cm³/mol. The van der Waals surface area contributed by atoms with Gasteiger partial charge in [-0.1, -0.05) is 59.3 Å². The number of allylic oxidation sites excluding steroid dienone is 3. The summed E-state index contributed by atoms with van der Waals surface area (Å²) in [5.74, 6) is 1.10. The van der Waals surface area contributed by atoms with E-state index >= 15 is 0 Å². The molecule has 3 fully saturated rings. The maximum absolute atomic E-state index is 12.8. The summed E-state index contributed by atoms with van der Waals surface area (Å²) >= 11 is 0. The van der Waals surface area contributed by atoms with Crippen molar-refractivity contribution in [3.63, 3.8) is 0 Å². The summed E-state index contributed by atoms with van der Waals surface area (Å²) < 4.78 is 0. The van der Waals surface area contributed by atoms with Gasteiger partial charge in [0.25, 0.3) is 0 Å². The largest absolute Gasteiger partial charge is 0.478 e. The average Bonchev–Trinajstić information content (AvgIpc) is 3.05. The fraction of sp³-hybridized carbons (Fsp3) is 0.800. The van der Waals surface area contributed by atoms with Crippen LogP contribution in [0.1, 0.15) is 99.8 Å². The highest BCUT2D eigenvalue weighted by atomic mass is 16.4. The lowest BCUT2D eigenvalue weighted by Crippen LogP contribution is -2.61. The van der Waals surface area contributed by atoms with E-state index in [1.807, 2.05) is 6.08 Å². The van der Waals surface area contributed by atoms with Crippen molar-refractivity contribution in [2.45, 2.75) is 106 Å². The van der Waals surface area contributed by atoms with Crippen LogP contribution in [0.4, 0.5) is 0 Å². The number of carbonyl (C=O) groups is 2. The van der Waals surface area contributed by atoms with Crippen LogP contribution < -0.4 is 0 Å². The molecule has 0 radical (unpaired) electrons. The molecule has 4 nitrogen and oxygen atoms in total. The van der Waals surface area contributed by atoms with E-state index in [4.69, 9.17) is 5.11 Å². The summed E-state index contributed by atoms with van der Waals surface area (Å²) in [5, 5.41) is 21.0. The standard InChI is InChI=1S/C30H46O4/c1-18(9-8-10-19(2)26(33)34)20-13-16-29(6)21-11-12-23-27(3,4)24(31)14-15-28(23,5)22(21)17-25(32)30(20,29)7/h10-11,18,20,22-23,25,32H,8-9,12-17H2,1-7H3,(H,33,34). The summed E-state index contributed by atoms with van der Waals surface area (Å²) in [6.45, 7) is 15.4. The van der Waals surface area contributed by atoms with Gasteiger partial charge >= 0.3 is 5.97 Å². The second-order valence-electron chi connectivity index (χ2n) is 13.4. The Balaban J connectivity index is 1.64. The van der Waals surface area contributed by atoms with Gasteiger partial charge in [-0.3, -0.25) is 4.79 Å². The van der Waals surface area contributed by atoms with Crippen LogP contribution in [0.5, 0.6) is 0 Å². The van der Waals surface area contributed by atoms with E-state index in [1.54, 1.807) is 12.5 Å². The molecule has 0 aromatic rings. The van der Waals surface area contributed by atoms with Crippen LogP contribution >= 0.6 is 0 Å². The van der Waals surface area contributed by atoms with Gasteiger partial charge in [-0.25, -0.2) is 4.79 Å². The van der Waals surface area contributed by atoms with Crippen molar-refractivity contribution in [3.8, 4) is 0 Å². The Morgan fingerprint density at radius 3 is 2.53 bits per heavy atom. The molecule has 0 bridgehead atoms. The molecular weight excluding hydrogens is 424 g/mol. The van der Waals surface area contributed by atoms with Crippen LogP contribution in [0.25, 0.3) is 0 Å². The molecule has 4 aliphatic carbocycles. The van der Waals surface area contributed by atoms with E-state index in [0.29, 0.717) is 41.4 Å². The average molecular weight is 471 g/mol. The van der Waals surface area contributed by atoms with Crippen molar-refractivity contribution in [2.75, 3.05) is 0 Å². The lowest BCUT2D eigenvalue weighted by molar-refractivity contribution is -0.155. The smallest absolute Gasteiger partial charge is 0.330 e. The number of carboxylic acids is 1. The van der Waals surface area contributed by atoms with Gasteiger partial charge < -0.3 is 10.2 Å². The number of carbonyl (C=O) groups excluding carboxylic acids is 1. The highest BCUT2D eigenvalue weighted by Gasteiger charge is 2.68. The van der Waals surface area contributed by atoms with Gasteiger partial charge in [0.15, 0.2) is 0 Å². The Morgan fingerprint density at radius 1 is 1.21 bits per heavy atom. The van der Waals surface area contributed by atoms with Crippen molar-refractivity contribution in [1.29, 1.82) is 0 Å². The molecule has 8 unspecified atom stereocenters. The van der Waals surface area contributed by atoms with Gasteiger partial charge in [-0.05, 0) is 86.4 Å². The summed E-state index contributed by atoms with van der Waals surface area (Å²) in [6, 6.07) is 0. The molecule has 0 aromatic heterocycles. The number of aliphatic carboxylic acids is 1. The molecule has 0 aliphatic heterocycles. The Labute approximate surface area is 206 Å². The van der Waals surface area contributed by atoms with Crippen LogP contribution in [-0.2, 0) is 9.59 Å². The second kappa shape index (κ2) is 8.32. The summed E-state index contributed by atoms with van der Waals surface area (Å²) in [7, 11) is 0. The first-order valence-electron chi connectivity index (χ1n) is 13.5. The van der Waals surface area contributed by atoms with Gasteiger partial charge in [0.2, 0.25) is 0 Å². The van der Waals surface area contributed by atoms with E-state index in [0.717, 1.165) is 44.9 Å². The minimum atomic E-state index is -0.842. The molecule has 4 aliphatic rings. The first-order valence-corrected chi connectivity index (χ1v) is 13.5. The summed E-state index contributed by atoms with van der Waals surface area (Å²) in [4.78, 5) is 24.0. The number of aliphatic hydroxyl groups is 1. The van der Waals surface area contributed by atoms with Crippen LogP contribution in [0.3, 0.4) is 0 Å². The number of aliphatic hydroxyl groups excluding tert-OH is 1. The van der Waals surface area contributed by atoms with Crippen molar-refractivity contribution in [2.24, 2.45) is 45.3 Å². The van der Waals surface area contributed by atoms with Crippen molar-refractivity contribution in [3.05, 3.63) is 23.3 Å². The fourth-order valence-corrected chi connectivity index (χ4v) is 9.31. The Morgan fingerprint density at radius 2 is 1.88 bits per heavy atom. The number of Topliss-reactive ketones (excluding diaryl/α,β-unsaturated/α-hetero) is 1. The topological polar surface area (TPSA) is 74.6 Å². The highest BCUT2D eigenvalue weighted by molar-refractivity contribution is 5.86. The molecule has 0 amide bonds. The molecule has 0 aromatic carbocycles. The molecule has 4 heteroatoms. The number of rotatable bonds is 5. The second-order valence-corrected chi connectivity index (χ2v) is 13.4. The number of hydrogen-bond donors (Lipinski definition) is 2. The van der Waals surface area contributed by atoms with E-state index < -0.39 is 5.97 Å². The molecule has 0 spiro atoms. The van der Waals surface area contributed by atoms with Gasteiger partial charge in [0, 0.05) is 22.8 Å². The van der Waals surface area contributed by atoms with Gasteiger partial charge in [0.05, 0.1) is 6.10 Å². The maximum atomic E-state index is 12.8. The van der Waals surface area contributed by atoms with Crippen LogP contribution in [-0.4, -0.2) is 28.1 Å². The number of hydrogen-bond acceptors (Lipinski definition) is 3. The first-order chi connectivity index (χ1) is 15.7. The van der Waals surface area contributed by atoms with E-state index in [9.17, 15) is 14.7 Å². The van der Waals surface area contributed by atoms with Crippen molar-refractivity contribution in [1.82, 2.24) is 0 Å². The van der Waals surface area contributed by atoms with Gasteiger partial charge in [-0.2, -0.15) is 0 Å². The van der Waals surface area contributed by atoms with Crippen molar-refractivity contribution < 1.29 is 19.8 Å². The van der Waals surface area contributed by atoms with E-state index in [2.05, 4.69) is 47.6 Å². The quantitative estimate of drug-likeness (QED) is 0.352.